The Morgan fingerprint density at radius 1 is 1.26 bits per heavy atom. The first-order chi connectivity index (χ1) is 11.0. The van der Waals surface area contributed by atoms with Gasteiger partial charge < -0.3 is 4.42 Å². The minimum atomic E-state index is -3.68. The van der Waals surface area contributed by atoms with Gasteiger partial charge in [0.05, 0.1) is 11.2 Å². The molecule has 0 spiro atoms. The maximum atomic E-state index is 13.1. The summed E-state index contributed by atoms with van der Waals surface area (Å²) in [5.41, 5.74) is 1.28. The van der Waals surface area contributed by atoms with Crippen molar-refractivity contribution < 1.29 is 17.2 Å². The van der Waals surface area contributed by atoms with Gasteiger partial charge in [-0.3, -0.25) is 0 Å². The topological polar surface area (TPSA) is 59.3 Å². The zero-order valence-electron chi connectivity index (χ0n) is 12.2. The average Bonchev–Trinajstić information content (AvgIpc) is 3.16. The highest BCUT2D eigenvalue weighted by molar-refractivity contribution is 7.89. The molecule has 0 amide bonds. The first kappa shape index (κ1) is 15.9. The van der Waals surface area contributed by atoms with E-state index in [9.17, 15) is 12.8 Å². The molecular formula is C16H14FNO3S2. The second-order valence-corrected chi connectivity index (χ2v) is 7.74. The van der Waals surface area contributed by atoms with Crippen molar-refractivity contribution in [1.82, 2.24) is 4.72 Å². The van der Waals surface area contributed by atoms with Crippen molar-refractivity contribution in [3.8, 4) is 11.3 Å². The second kappa shape index (κ2) is 6.27. The van der Waals surface area contributed by atoms with Crippen LogP contribution in [0.25, 0.3) is 11.3 Å². The maximum Gasteiger partial charge on any atom is 0.241 e. The predicted molar refractivity (Wildman–Crippen MR) is 87.2 cm³/mol. The molecule has 0 atom stereocenters. The number of rotatable bonds is 5. The number of hydrogen-bond donors (Lipinski definition) is 1. The van der Waals surface area contributed by atoms with E-state index in [1.807, 2.05) is 17.5 Å². The lowest BCUT2D eigenvalue weighted by Gasteiger charge is -2.08. The lowest BCUT2D eigenvalue weighted by Crippen LogP contribution is -2.23. The summed E-state index contributed by atoms with van der Waals surface area (Å²) < 4.78 is 45.6. The largest absolute Gasteiger partial charge is 0.464 e. The van der Waals surface area contributed by atoms with Gasteiger partial charge in [-0.15, -0.1) is 11.3 Å². The average molecular weight is 351 g/mol. The number of furan rings is 1. The molecule has 0 aliphatic carbocycles. The number of benzene rings is 1. The van der Waals surface area contributed by atoms with Crippen LogP contribution in [-0.2, 0) is 16.6 Å². The van der Waals surface area contributed by atoms with E-state index in [1.165, 1.54) is 23.5 Å². The number of halogens is 1. The molecule has 0 bridgehead atoms. The molecule has 1 aromatic carbocycles. The minimum absolute atomic E-state index is 0.0849. The van der Waals surface area contributed by atoms with Crippen LogP contribution in [0, 0.1) is 12.7 Å². The summed E-state index contributed by atoms with van der Waals surface area (Å²) in [6.07, 6.45) is 1.59. The number of sulfonamides is 1. The number of aryl methyl sites for hydroxylation is 1. The summed E-state index contributed by atoms with van der Waals surface area (Å²) in [5.74, 6) is 0.285. The molecule has 2 aromatic heterocycles. The summed E-state index contributed by atoms with van der Waals surface area (Å²) >= 11 is 1.44. The standard InChI is InChI=1S/C16H14FNO3S2/c1-11-7-13(17)4-5-16(11)23(19,20)18-9-14-8-12(10-22-14)15-3-2-6-21-15/h2-8,10,18H,9H2,1H3. The fourth-order valence-corrected chi connectivity index (χ4v) is 4.34. The molecule has 4 nitrogen and oxygen atoms in total. The Bertz CT molecular complexity index is 915. The first-order valence-corrected chi connectivity index (χ1v) is 9.19. The normalized spacial score (nSPS) is 11.7. The van der Waals surface area contributed by atoms with Crippen molar-refractivity contribution in [1.29, 1.82) is 0 Å². The van der Waals surface area contributed by atoms with E-state index in [4.69, 9.17) is 4.42 Å². The molecular weight excluding hydrogens is 337 g/mol. The molecule has 0 fully saturated rings. The molecule has 0 aliphatic rings. The van der Waals surface area contributed by atoms with Crippen LogP contribution in [0.4, 0.5) is 4.39 Å². The third-order valence-corrected chi connectivity index (χ3v) is 5.82. The van der Waals surface area contributed by atoms with Crippen LogP contribution >= 0.6 is 11.3 Å². The quantitative estimate of drug-likeness (QED) is 0.757. The summed E-state index contributed by atoms with van der Waals surface area (Å²) in [7, 11) is -3.68. The summed E-state index contributed by atoms with van der Waals surface area (Å²) in [4.78, 5) is 0.946. The molecule has 0 saturated heterocycles. The molecule has 0 aliphatic heterocycles. The highest BCUT2D eigenvalue weighted by Gasteiger charge is 2.17. The van der Waals surface area contributed by atoms with Crippen LogP contribution in [0.15, 0.2) is 57.4 Å². The first-order valence-electron chi connectivity index (χ1n) is 6.83. The van der Waals surface area contributed by atoms with E-state index >= 15 is 0 Å². The van der Waals surface area contributed by atoms with Gasteiger partial charge in [-0.2, -0.15) is 0 Å². The zero-order valence-corrected chi connectivity index (χ0v) is 13.9. The Hall–Kier alpha value is -1.96. The van der Waals surface area contributed by atoms with Gasteiger partial charge in [-0.1, -0.05) is 0 Å². The highest BCUT2D eigenvalue weighted by atomic mass is 32.2. The molecule has 3 rings (SSSR count). The molecule has 1 N–H and O–H groups in total. The van der Waals surface area contributed by atoms with Crippen molar-refractivity contribution in [3.05, 3.63) is 64.3 Å². The second-order valence-electron chi connectivity index (χ2n) is 5.01. The van der Waals surface area contributed by atoms with E-state index in [0.29, 0.717) is 5.56 Å². The molecule has 0 unspecified atom stereocenters. The van der Waals surface area contributed by atoms with E-state index in [0.717, 1.165) is 22.3 Å². The van der Waals surface area contributed by atoms with Crippen LogP contribution < -0.4 is 4.72 Å². The van der Waals surface area contributed by atoms with Crippen molar-refractivity contribution >= 4 is 21.4 Å². The molecule has 0 radical (unpaired) electrons. The Morgan fingerprint density at radius 3 is 2.78 bits per heavy atom. The van der Waals surface area contributed by atoms with Gasteiger partial charge in [-0.25, -0.2) is 17.5 Å². The van der Waals surface area contributed by atoms with E-state index in [-0.39, 0.29) is 11.4 Å². The van der Waals surface area contributed by atoms with Gasteiger partial charge in [0.1, 0.15) is 11.6 Å². The molecule has 23 heavy (non-hydrogen) atoms. The lowest BCUT2D eigenvalue weighted by atomic mass is 10.2. The van der Waals surface area contributed by atoms with Crippen LogP contribution in [0.3, 0.4) is 0 Å². The zero-order chi connectivity index (χ0) is 16.4. The van der Waals surface area contributed by atoms with Gasteiger partial charge in [0.25, 0.3) is 0 Å². The summed E-state index contributed by atoms with van der Waals surface area (Å²) in [6, 6.07) is 9.14. The lowest BCUT2D eigenvalue weighted by molar-refractivity contribution is 0.580. The Labute approximate surface area is 137 Å². The predicted octanol–water partition coefficient (Wildman–Crippen LogP) is 3.93. The van der Waals surface area contributed by atoms with Crippen molar-refractivity contribution in [2.45, 2.75) is 18.4 Å². The van der Waals surface area contributed by atoms with Gasteiger partial charge in [0.2, 0.25) is 10.0 Å². The van der Waals surface area contributed by atoms with Crippen molar-refractivity contribution in [2.75, 3.05) is 0 Å². The molecule has 2 heterocycles. The molecule has 3 aromatic rings. The Morgan fingerprint density at radius 2 is 2.09 bits per heavy atom. The van der Waals surface area contributed by atoms with Crippen LogP contribution in [0.5, 0.6) is 0 Å². The van der Waals surface area contributed by atoms with Gasteiger partial charge in [0, 0.05) is 22.4 Å². The smallest absolute Gasteiger partial charge is 0.241 e. The highest BCUT2D eigenvalue weighted by Crippen LogP contribution is 2.26. The maximum absolute atomic E-state index is 13.1. The van der Waals surface area contributed by atoms with E-state index < -0.39 is 15.8 Å². The fourth-order valence-electron chi connectivity index (χ4n) is 2.20. The van der Waals surface area contributed by atoms with Crippen LogP contribution in [0.1, 0.15) is 10.4 Å². The number of thiophene rings is 1. The van der Waals surface area contributed by atoms with Gasteiger partial charge >= 0.3 is 0 Å². The monoisotopic (exact) mass is 351 g/mol. The molecule has 0 saturated carbocycles. The number of hydrogen-bond acceptors (Lipinski definition) is 4. The minimum Gasteiger partial charge on any atom is -0.464 e. The van der Waals surface area contributed by atoms with Gasteiger partial charge in [-0.05, 0) is 48.9 Å². The third kappa shape index (κ3) is 3.52. The van der Waals surface area contributed by atoms with Crippen molar-refractivity contribution in [2.24, 2.45) is 0 Å². The fraction of sp³-hybridized carbons (Fsp3) is 0.125. The van der Waals surface area contributed by atoms with Crippen LogP contribution in [-0.4, -0.2) is 8.42 Å². The SMILES string of the molecule is Cc1cc(F)ccc1S(=O)(=O)NCc1cc(-c2ccco2)cs1. The van der Waals surface area contributed by atoms with E-state index in [1.54, 1.807) is 19.3 Å². The third-order valence-electron chi connectivity index (χ3n) is 3.32. The number of nitrogens with one attached hydrogen (secondary N) is 1. The van der Waals surface area contributed by atoms with Crippen LogP contribution in [0.2, 0.25) is 0 Å². The van der Waals surface area contributed by atoms with E-state index in [2.05, 4.69) is 4.72 Å². The van der Waals surface area contributed by atoms with Gasteiger partial charge in [0.15, 0.2) is 0 Å². The summed E-state index contributed by atoms with van der Waals surface area (Å²) in [6.45, 7) is 1.74. The summed E-state index contributed by atoms with van der Waals surface area (Å²) in [5, 5.41) is 1.91. The Balaban J connectivity index is 1.75. The van der Waals surface area contributed by atoms with Crippen molar-refractivity contribution in [3.63, 3.8) is 0 Å². The molecule has 120 valence electrons. The molecule has 7 heteroatoms. The Kier molecular flexibility index (Phi) is 4.34.